The summed E-state index contributed by atoms with van der Waals surface area (Å²) in [5.41, 5.74) is 5.66. The Kier molecular flexibility index (Phi) is 5.54. The minimum absolute atomic E-state index is 0.120. The van der Waals surface area contributed by atoms with Gasteiger partial charge in [-0.2, -0.15) is 0 Å². The summed E-state index contributed by atoms with van der Waals surface area (Å²) in [6.45, 7) is 15.1. The minimum atomic E-state index is -1.78. The van der Waals surface area contributed by atoms with Crippen molar-refractivity contribution in [2.75, 3.05) is 6.54 Å². The first-order valence-corrected chi connectivity index (χ1v) is 8.64. The molecule has 0 bridgehead atoms. The van der Waals surface area contributed by atoms with Gasteiger partial charge in [0.15, 0.2) is 8.32 Å². The first-order valence-electron chi connectivity index (χ1n) is 5.30. The van der Waals surface area contributed by atoms with Gasteiger partial charge in [0.1, 0.15) is 0 Å². The van der Waals surface area contributed by atoms with Gasteiger partial charge in [0, 0.05) is 6.54 Å². The fourth-order valence-electron chi connectivity index (χ4n) is 0.950. The number of hydrogen-bond donors (Lipinski definition) is 1. The van der Waals surface area contributed by atoms with Gasteiger partial charge in [0.2, 0.25) is 0 Å². The molecule has 0 unspecified atom stereocenters. The highest BCUT2D eigenvalue weighted by Crippen LogP contribution is 2.37. The van der Waals surface area contributed by atoms with Crippen LogP contribution in [-0.4, -0.2) is 26.3 Å². The Morgan fingerprint density at radius 1 is 1.47 bits per heavy atom. The van der Waals surface area contributed by atoms with Crippen LogP contribution in [0.3, 0.4) is 0 Å². The standard InChI is InChI=1S/C11H24ClNOSi/c1-7-9(12)10(8-13)14-15(5,6)11(2,3)4/h7,9-10H,1,8,13H2,2-6H3/t9-,10-/m0/s1. The van der Waals surface area contributed by atoms with Gasteiger partial charge in [0.25, 0.3) is 0 Å². The SMILES string of the molecule is C=C[C@H](Cl)[C@H](CN)O[Si](C)(C)C(C)(C)C. The zero-order valence-corrected chi connectivity index (χ0v) is 12.3. The number of rotatable bonds is 5. The lowest BCUT2D eigenvalue weighted by Crippen LogP contribution is -2.48. The van der Waals surface area contributed by atoms with Crippen molar-refractivity contribution in [2.24, 2.45) is 5.73 Å². The predicted octanol–water partition coefficient (Wildman–Crippen LogP) is 3.13. The molecule has 0 heterocycles. The van der Waals surface area contributed by atoms with E-state index in [1.54, 1.807) is 6.08 Å². The first kappa shape index (κ1) is 15.2. The lowest BCUT2D eigenvalue weighted by molar-refractivity contribution is 0.194. The summed E-state index contributed by atoms with van der Waals surface area (Å²) in [5.74, 6) is 0. The van der Waals surface area contributed by atoms with E-state index >= 15 is 0 Å². The van der Waals surface area contributed by atoms with Crippen LogP contribution >= 0.6 is 11.6 Å². The normalized spacial score (nSPS) is 17.3. The zero-order chi connectivity index (χ0) is 12.3. The average Bonchev–Trinajstić information content (AvgIpc) is 2.11. The van der Waals surface area contributed by atoms with Gasteiger partial charge in [-0.25, -0.2) is 0 Å². The van der Waals surface area contributed by atoms with E-state index in [-0.39, 0.29) is 16.5 Å². The molecular weight excluding hydrogens is 226 g/mol. The van der Waals surface area contributed by atoms with Crippen molar-refractivity contribution < 1.29 is 4.43 Å². The van der Waals surface area contributed by atoms with E-state index in [1.807, 2.05) is 0 Å². The Morgan fingerprint density at radius 3 is 2.20 bits per heavy atom. The second kappa shape index (κ2) is 5.48. The van der Waals surface area contributed by atoms with Crippen molar-refractivity contribution in [1.82, 2.24) is 0 Å². The van der Waals surface area contributed by atoms with Crippen LogP contribution < -0.4 is 5.73 Å². The molecule has 4 heteroatoms. The topological polar surface area (TPSA) is 35.2 Å². The Morgan fingerprint density at radius 2 is 1.93 bits per heavy atom. The predicted molar refractivity (Wildman–Crippen MR) is 71.0 cm³/mol. The smallest absolute Gasteiger partial charge is 0.192 e. The molecule has 0 rings (SSSR count). The lowest BCUT2D eigenvalue weighted by atomic mass is 10.2. The molecule has 0 aromatic heterocycles. The number of nitrogens with two attached hydrogens (primary N) is 1. The Hall–Kier alpha value is 0.167. The van der Waals surface area contributed by atoms with Gasteiger partial charge in [-0.1, -0.05) is 26.8 Å². The molecule has 0 aliphatic heterocycles. The fourth-order valence-corrected chi connectivity index (χ4v) is 2.54. The Labute approximate surface area is 100.0 Å². The molecular formula is C11H24ClNOSi. The van der Waals surface area contributed by atoms with E-state index in [0.717, 1.165) is 0 Å². The number of alkyl halides is 1. The van der Waals surface area contributed by atoms with Crippen molar-refractivity contribution in [3.8, 4) is 0 Å². The highest BCUT2D eigenvalue weighted by atomic mass is 35.5. The fraction of sp³-hybridized carbons (Fsp3) is 0.818. The molecule has 2 atom stereocenters. The van der Waals surface area contributed by atoms with Crippen LogP contribution in [0.2, 0.25) is 18.1 Å². The Bertz CT molecular complexity index is 213. The molecule has 0 spiro atoms. The van der Waals surface area contributed by atoms with E-state index in [9.17, 15) is 0 Å². The van der Waals surface area contributed by atoms with Crippen LogP contribution in [0.5, 0.6) is 0 Å². The van der Waals surface area contributed by atoms with Crippen LogP contribution in [0.15, 0.2) is 12.7 Å². The molecule has 0 saturated carbocycles. The third-order valence-electron chi connectivity index (χ3n) is 3.06. The summed E-state index contributed by atoms with van der Waals surface area (Å²) in [6, 6.07) is 0. The second-order valence-corrected chi connectivity index (χ2v) is 10.6. The van der Waals surface area contributed by atoms with Crippen molar-refractivity contribution in [1.29, 1.82) is 0 Å². The van der Waals surface area contributed by atoms with Crippen LogP contribution in [0.1, 0.15) is 20.8 Å². The Balaban J connectivity index is 4.61. The van der Waals surface area contributed by atoms with Gasteiger partial charge >= 0.3 is 0 Å². The molecule has 0 aliphatic carbocycles. The molecule has 0 amide bonds. The van der Waals surface area contributed by atoms with E-state index < -0.39 is 8.32 Å². The highest BCUT2D eigenvalue weighted by Gasteiger charge is 2.39. The lowest BCUT2D eigenvalue weighted by Gasteiger charge is -2.39. The molecule has 0 aromatic carbocycles. The molecule has 2 nitrogen and oxygen atoms in total. The molecule has 0 aliphatic rings. The van der Waals surface area contributed by atoms with Crippen molar-refractivity contribution in [3.05, 3.63) is 12.7 Å². The van der Waals surface area contributed by atoms with Crippen LogP contribution in [0, 0.1) is 0 Å². The van der Waals surface area contributed by atoms with Crippen molar-refractivity contribution in [2.45, 2.75) is 50.4 Å². The first-order chi connectivity index (χ1) is 6.65. The third kappa shape index (κ3) is 4.27. The van der Waals surface area contributed by atoms with Gasteiger partial charge in [-0.15, -0.1) is 18.2 Å². The molecule has 90 valence electrons. The van der Waals surface area contributed by atoms with E-state index in [0.29, 0.717) is 6.54 Å². The number of halogens is 1. The monoisotopic (exact) mass is 249 g/mol. The molecule has 0 aromatic rings. The van der Waals surface area contributed by atoms with E-state index in [4.69, 9.17) is 21.8 Å². The van der Waals surface area contributed by atoms with Crippen LogP contribution in [-0.2, 0) is 4.43 Å². The molecule has 2 N–H and O–H groups in total. The summed E-state index contributed by atoms with van der Waals surface area (Å²) < 4.78 is 6.11. The summed E-state index contributed by atoms with van der Waals surface area (Å²) in [7, 11) is -1.78. The van der Waals surface area contributed by atoms with Gasteiger partial charge in [-0.05, 0) is 18.1 Å². The summed E-state index contributed by atoms with van der Waals surface area (Å²) in [5, 5.41) is -0.0257. The second-order valence-electron chi connectivity index (χ2n) is 5.33. The quantitative estimate of drug-likeness (QED) is 0.462. The van der Waals surface area contributed by atoms with Crippen molar-refractivity contribution in [3.63, 3.8) is 0 Å². The van der Waals surface area contributed by atoms with Gasteiger partial charge in [-0.3, -0.25) is 0 Å². The minimum Gasteiger partial charge on any atom is -0.411 e. The molecule has 0 saturated heterocycles. The molecule has 15 heavy (non-hydrogen) atoms. The molecule has 0 radical (unpaired) electrons. The van der Waals surface area contributed by atoms with Gasteiger partial charge in [0.05, 0.1) is 11.5 Å². The third-order valence-corrected chi connectivity index (χ3v) is 8.03. The molecule has 0 fully saturated rings. The van der Waals surface area contributed by atoms with Crippen LogP contribution in [0.25, 0.3) is 0 Å². The average molecular weight is 250 g/mol. The highest BCUT2D eigenvalue weighted by molar-refractivity contribution is 6.74. The van der Waals surface area contributed by atoms with Crippen molar-refractivity contribution >= 4 is 19.9 Å². The van der Waals surface area contributed by atoms with E-state index in [2.05, 4.69) is 40.4 Å². The maximum atomic E-state index is 6.11. The maximum absolute atomic E-state index is 6.11. The summed E-state index contributed by atoms with van der Waals surface area (Å²) in [4.78, 5) is 0. The summed E-state index contributed by atoms with van der Waals surface area (Å²) >= 11 is 6.09. The number of hydrogen-bond acceptors (Lipinski definition) is 2. The van der Waals surface area contributed by atoms with Crippen LogP contribution in [0.4, 0.5) is 0 Å². The van der Waals surface area contributed by atoms with Gasteiger partial charge < -0.3 is 10.2 Å². The zero-order valence-electron chi connectivity index (χ0n) is 10.5. The maximum Gasteiger partial charge on any atom is 0.192 e. The van der Waals surface area contributed by atoms with E-state index in [1.165, 1.54) is 0 Å². The summed E-state index contributed by atoms with van der Waals surface area (Å²) in [6.07, 6.45) is 1.57. The largest absolute Gasteiger partial charge is 0.411 e.